The zero-order valence-corrected chi connectivity index (χ0v) is 18.5. The largest absolute Gasteiger partial charge is 0.485 e. The Kier molecular flexibility index (Phi) is 4.28. The summed E-state index contributed by atoms with van der Waals surface area (Å²) in [6.45, 7) is 11.0. The van der Waals surface area contributed by atoms with E-state index in [9.17, 15) is 0 Å². The summed E-state index contributed by atoms with van der Waals surface area (Å²) < 4.78 is 6.68. The van der Waals surface area contributed by atoms with Crippen LogP contribution >= 0.6 is 0 Å². The fraction of sp³-hybridized carbons (Fsp3) is 0.286. The third kappa shape index (κ3) is 3.11. The van der Waals surface area contributed by atoms with E-state index in [1.165, 1.54) is 50.2 Å². The molecule has 2 nitrogen and oxygen atoms in total. The molecular weight excluding hydrogens is 366 g/mol. The van der Waals surface area contributed by atoms with Gasteiger partial charge in [0.1, 0.15) is 11.9 Å². The molecule has 2 heterocycles. The Morgan fingerprint density at radius 2 is 1.67 bits per heavy atom. The van der Waals surface area contributed by atoms with Gasteiger partial charge in [-0.3, -0.25) is 0 Å². The summed E-state index contributed by atoms with van der Waals surface area (Å²) in [5.74, 6) is 0.991. The SMILES string of the molecule is CC1=CC(C)(C)Nc2ccc3c(c21)C(Cc1ccc(C)cc1)Oc1cccc(C)c1-3. The molecule has 0 fully saturated rings. The van der Waals surface area contributed by atoms with E-state index in [0.717, 1.165) is 12.2 Å². The van der Waals surface area contributed by atoms with E-state index >= 15 is 0 Å². The molecule has 2 heteroatoms. The smallest absolute Gasteiger partial charge is 0.129 e. The zero-order chi connectivity index (χ0) is 21.0. The van der Waals surface area contributed by atoms with Crippen LogP contribution in [-0.4, -0.2) is 5.54 Å². The summed E-state index contributed by atoms with van der Waals surface area (Å²) in [7, 11) is 0. The highest BCUT2D eigenvalue weighted by Crippen LogP contribution is 2.50. The van der Waals surface area contributed by atoms with Crippen LogP contribution in [0.25, 0.3) is 16.7 Å². The van der Waals surface area contributed by atoms with Gasteiger partial charge in [-0.1, -0.05) is 54.1 Å². The summed E-state index contributed by atoms with van der Waals surface area (Å²) in [6, 6.07) is 19.7. The summed E-state index contributed by atoms with van der Waals surface area (Å²) >= 11 is 0. The van der Waals surface area contributed by atoms with E-state index in [0.29, 0.717) is 0 Å². The maximum Gasteiger partial charge on any atom is 0.129 e. The van der Waals surface area contributed by atoms with Gasteiger partial charge < -0.3 is 10.1 Å². The van der Waals surface area contributed by atoms with Crippen LogP contribution in [0, 0.1) is 13.8 Å². The molecule has 0 radical (unpaired) electrons. The van der Waals surface area contributed by atoms with E-state index in [4.69, 9.17) is 4.74 Å². The lowest BCUT2D eigenvalue weighted by Crippen LogP contribution is -2.32. The molecule has 0 spiro atoms. The molecule has 0 aliphatic carbocycles. The van der Waals surface area contributed by atoms with Crippen LogP contribution < -0.4 is 10.1 Å². The molecule has 5 rings (SSSR count). The van der Waals surface area contributed by atoms with E-state index in [1.54, 1.807) is 0 Å². The topological polar surface area (TPSA) is 21.3 Å². The van der Waals surface area contributed by atoms with Crippen LogP contribution in [0.2, 0.25) is 0 Å². The van der Waals surface area contributed by atoms with Crippen LogP contribution in [0.4, 0.5) is 5.69 Å². The summed E-state index contributed by atoms with van der Waals surface area (Å²) in [6.07, 6.45) is 3.18. The van der Waals surface area contributed by atoms with Gasteiger partial charge in [0.25, 0.3) is 0 Å². The number of benzene rings is 3. The van der Waals surface area contributed by atoms with E-state index in [-0.39, 0.29) is 11.6 Å². The molecule has 0 amide bonds. The van der Waals surface area contributed by atoms with Crippen LogP contribution in [0.1, 0.15) is 54.7 Å². The van der Waals surface area contributed by atoms with Crippen molar-refractivity contribution in [2.45, 2.75) is 52.7 Å². The first-order chi connectivity index (χ1) is 14.3. The standard InChI is InChI=1S/C28H29NO/c1-17-9-11-20(12-10-17)15-24-27-21(25-18(2)7-6-8-23(25)30-24)13-14-22-26(27)19(3)16-28(4,5)29-22/h6-14,16,24,29H,15H2,1-5H3. The molecule has 2 aliphatic heterocycles. The number of hydrogen-bond donors (Lipinski definition) is 1. The van der Waals surface area contributed by atoms with Gasteiger partial charge >= 0.3 is 0 Å². The first kappa shape index (κ1) is 19.0. The maximum atomic E-state index is 6.68. The van der Waals surface area contributed by atoms with Crippen LogP contribution in [0.3, 0.4) is 0 Å². The van der Waals surface area contributed by atoms with Crippen molar-refractivity contribution in [3.63, 3.8) is 0 Å². The molecule has 0 aromatic heterocycles. The lowest BCUT2D eigenvalue weighted by atomic mass is 9.80. The predicted molar refractivity (Wildman–Crippen MR) is 126 cm³/mol. The van der Waals surface area contributed by atoms with Gasteiger partial charge in [-0.2, -0.15) is 0 Å². The van der Waals surface area contributed by atoms with E-state index < -0.39 is 0 Å². The Morgan fingerprint density at radius 1 is 0.900 bits per heavy atom. The molecular formula is C28H29NO. The Bertz CT molecular complexity index is 1170. The van der Waals surface area contributed by atoms with Crippen molar-refractivity contribution in [2.75, 3.05) is 5.32 Å². The molecule has 3 aromatic rings. The van der Waals surface area contributed by atoms with E-state index in [1.807, 2.05) is 0 Å². The first-order valence-electron chi connectivity index (χ1n) is 10.8. The number of aryl methyl sites for hydroxylation is 2. The third-order valence-electron chi connectivity index (χ3n) is 6.31. The van der Waals surface area contributed by atoms with Crippen molar-refractivity contribution in [1.29, 1.82) is 0 Å². The molecule has 0 saturated heterocycles. The average molecular weight is 396 g/mol. The van der Waals surface area contributed by atoms with Crippen molar-refractivity contribution in [3.05, 3.63) is 88.5 Å². The minimum Gasteiger partial charge on any atom is -0.485 e. The number of ether oxygens (including phenoxy) is 1. The molecule has 1 N–H and O–H groups in total. The molecule has 1 unspecified atom stereocenters. The highest BCUT2D eigenvalue weighted by Gasteiger charge is 2.34. The number of allylic oxidation sites excluding steroid dienone is 1. The van der Waals surface area contributed by atoms with Crippen molar-refractivity contribution in [1.82, 2.24) is 0 Å². The lowest BCUT2D eigenvalue weighted by molar-refractivity contribution is 0.202. The van der Waals surface area contributed by atoms with Gasteiger partial charge in [-0.05, 0) is 69.0 Å². The number of rotatable bonds is 2. The number of anilines is 1. The van der Waals surface area contributed by atoms with Crippen molar-refractivity contribution in [2.24, 2.45) is 0 Å². The van der Waals surface area contributed by atoms with Crippen molar-refractivity contribution >= 4 is 11.3 Å². The third-order valence-corrected chi connectivity index (χ3v) is 6.31. The minimum absolute atomic E-state index is 0.0154. The fourth-order valence-corrected chi connectivity index (χ4v) is 5.08. The zero-order valence-electron chi connectivity index (χ0n) is 18.5. The maximum absolute atomic E-state index is 6.68. The van der Waals surface area contributed by atoms with Crippen LogP contribution in [0.5, 0.6) is 5.75 Å². The first-order valence-corrected chi connectivity index (χ1v) is 10.8. The van der Waals surface area contributed by atoms with Crippen LogP contribution in [0.15, 0.2) is 60.7 Å². The van der Waals surface area contributed by atoms with Gasteiger partial charge in [0.2, 0.25) is 0 Å². The lowest BCUT2D eigenvalue weighted by Gasteiger charge is -2.37. The van der Waals surface area contributed by atoms with Gasteiger partial charge in [-0.15, -0.1) is 0 Å². The normalized spacial score (nSPS) is 18.3. The highest BCUT2D eigenvalue weighted by molar-refractivity contribution is 5.90. The number of fused-ring (bicyclic) bond motifs is 5. The molecule has 2 aliphatic rings. The van der Waals surface area contributed by atoms with Gasteiger partial charge in [0, 0.05) is 28.8 Å². The quantitative estimate of drug-likeness (QED) is 0.493. The summed E-state index contributed by atoms with van der Waals surface area (Å²) in [5.41, 5.74) is 11.5. The molecule has 30 heavy (non-hydrogen) atoms. The van der Waals surface area contributed by atoms with E-state index in [2.05, 4.69) is 101 Å². The second kappa shape index (κ2) is 6.77. The predicted octanol–water partition coefficient (Wildman–Crippen LogP) is 7.25. The molecule has 152 valence electrons. The Hall–Kier alpha value is -3.00. The van der Waals surface area contributed by atoms with Gasteiger partial charge in [-0.25, -0.2) is 0 Å². The molecule has 1 atom stereocenters. The number of hydrogen-bond acceptors (Lipinski definition) is 2. The number of nitrogens with one attached hydrogen (secondary N) is 1. The molecule has 3 aromatic carbocycles. The highest BCUT2D eigenvalue weighted by atomic mass is 16.5. The summed E-state index contributed by atoms with van der Waals surface area (Å²) in [5, 5.41) is 3.72. The van der Waals surface area contributed by atoms with Gasteiger partial charge in [0.05, 0.1) is 5.54 Å². The summed E-state index contributed by atoms with van der Waals surface area (Å²) in [4.78, 5) is 0. The average Bonchev–Trinajstić information content (AvgIpc) is 2.68. The molecule has 0 saturated carbocycles. The second-order valence-electron chi connectivity index (χ2n) is 9.37. The fourth-order valence-electron chi connectivity index (χ4n) is 5.08. The molecule has 0 bridgehead atoms. The minimum atomic E-state index is -0.0544. The Balaban J connectivity index is 1.72. The van der Waals surface area contributed by atoms with Crippen LogP contribution in [-0.2, 0) is 6.42 Å². The Labute approximate surface area is 179 Å². The van der Waals surface area contributed by atoms with Crippen molar-refractivity contribution < 1.29 is 4.74 Å². The monoisotopic (exact) mass is 395 g/mol. The van der Waals surface area contributed by atoms with Crippen molar-refractivity contribution in [3.8, 4) is 16.9 Å². The Morgan fingerprint density at radius 3 is 2.43 bits per heavy atom. The van der Waals surface area contributed by atoms with Gasteiger partial charge in [0.15, 0.2) is 0 Å². The second-order valence-corrected chi connectivity index (χ2v) is 9.37.